The predicted molar refractivity (Wildman–Crippen MR) is 117 cm³/mol. The molecule has 7 nitrogen and oxygen atoms in total. The lowest BCUT2D eigenvalue weighted by Crippen LogP contribution is -2.37. The number of carbonyl (C=O) groups is 2. The highest BCUT2D eigenvalue weighted by Gasteiger charge is 2.33. The van der Waals surface area contributed by atoms with Crippen molar-refractivity contribution in [2.24, 2.45) is 0 Å². The molecule has 3 aromatic rings. The normalized spacial score (nSPS) is 13.8. The summed E-state index contributed by atoms with van der Waals surface area (Å²) < 4.78 is 5.18. The quantitative estimate of drug-likeness (QED) is 0.659. The molecular weight excluding hydrogens is 400 g/mol. The molecule has 30 heavy (non-hydrogen) atoms. The summed E-state index contributed by atoms with van der Waals surface area (Å²) in [5.74, 6) is 0.869. The van der Waals surface area contributed by atoms with Crippen LogP contribution in [0.1, 0.15) is 20.8 Å². The number of hydrogen-bond donors (Lipinski definition) is 1. The summed E-state index contributed by atoms with van der Waals surface area (Å²) in [5.41, 5.74) is 2.04. The molecule has 0 atom stereocenters. The summed E-state index contributed by atoms with van der Waals surface area (Å²) in [7, 11) is 3.27. The number of nitrogens with zero attached hydrogens (tertiary/aromatic N) is 3. The number of likely N-dealkylation sites (N-methyl/N-ethyl adjacent to an activating group) is 1. The minimum absolute atomic E-state index is 0.0311. The molecule has 2 aromatic carbocycles. The van der Waals surface area contributed by atoms with Crippen molar-refractivity contribution < 1.29 is 14.3 Å². The highest BCUT2D eigenvalue weighted by molar-refractivity contribution is 7.18. The fourth-order valence-corrected chi connectivity index (χ4v) is 4.17. The number of amides is 2. The average Bonchev–Trinajstić information content (AvgIpc) is 3.17. The Balaban J connectivity index is 1.59. The second kappa shape index (κ2) is 8.54. The monoisotopic (exact) mass is 422 g/mol. The van der Waals surface area contributed by atoms with Crippen LogP contribution < -0.4 is 15.0 Å². The van der Waals surface area contributed by atoms with E-state index in [4.69, 9.17) is 4.74 Å². The summed E-state index contributed by atoms with van der Waals surface area (Å²) in [6, 6.07) is 17.4. The molecule has 0 radical (unpaired) electrons. The zero-order valence-electron chi connectivity index (χ0n) is 16.8. The van der Waals surface area contributed by atoms with Gasteiger partial charge in [0.15, 0.2) is 10.9 Å². The van der Waals surface area contributed by atoms with Crippen LogP contribution in [0.5, 0.6) is 5.75 Å². The fraction of sp³-hybridized carbons (Fsp3) is 0.227. The lowest BCUT2D eigenvalue weighted by atomic mass is 10.2. The second-order valence-electron chi connectivity index (χ2n) is 7.00. The van der Waals surface area contributed by atoms with E-state index in [-0.39, 0.29) is 18.4 Å². The largest absolute Gasteiger partial charge is 0.497 e. The van der Waals surface area contributed by atoms with Crippen molar-refractivity contribution in [2.45, 2.75) is 13.1 Å². The average molecular weight is 423 g/mol. The van der Waals surface area contributed by atoms with Crippen LogP contribution in [0.2, 0.25) is 0 Å². The molecule has 0 saturated heterocycles. The van der Waals surface area contributed by atoms with Crippen molar-refractivity contribution in [3.05, 3.63) is 70.6 Å². The lowest BCUT2D eigenvalue weighted by Gasteiger charge is -2.20. The maximum absolute atomic E-state index is 12.9. The van der Waals surface area contributed by atoms with Crippen molar-refractivity contribution in [2.75, 3.05) is 30.9 Å². The Bertz CT molecular complexity index is 1050. The molecule has 1 aromatic heterocycles. The molecular formula is C22H22N4O3S. The summed E-state index contributed by atoms with van der Waals surface area (Å²) >= 11 is 1.27. The van der Waals surface area contributed by atoms with Crippen LogP contribution in [-0.4, -0.2) is 42.4 Å². The Morgan fingerprint density at radius 2 is 1.80 bits per heavy atom. The molecule has 0 fully saturated rings. The Hall–Kier alpha value is -3.39. The van der Waals surface area contributed by atoms with Crippen LogP contribution in [0, 0.1) is 0 Å². The summed E-state index contributed by atoms with van der Waals surface area (Å²) in [5, 5.41) is 3.87. The molecule has 2 amide bonds. The molecule has 1 aliphatic rings. The van der Waals surface area contributed by atoms with Crippen LogP contribution in [0.4, 0.5) is 10.9 Å². The number of thiazole rings is 1. The van der Waals surface area contributed by atoms with E-state index in [1.165, 1.54) is 16.2 Å². The number of rotatable bonds is 6. The van der Waals surface area contributed by atoms with Crippen LogP contribution in [0.25, 0.3) is 0 Å². The zero-order valence-corrected chi connectivity index (χ0v) is 17.6. The van der Waals surface area contributed by atoms with Gasteiger partial charge >= 0.3 is 0 Å². The molecule has 0 bridgehead atoms. The van der Waals surface area contributed by atoms with Gasteiger partial charge in [-0.15, -0.1) is 0 Å². The number of hydrogen-bond acceptors (Lipinski definition) is 6. The number of benzene rings is 2. The molecule has 0 spiro atoms. The van der Waals surface area contributed by atoms with Crippen molar-refractivity contribution in [3.63, 3.8) is 0 Å². The number of carbonyl (C=O) groups excluding carboxylic acids is 2. The molecule has 1 N–H and O–H groups in total. The third-order valence-corrected chi connectivity index (χ3v) is 5.86. The first-order valence-corrected chi connectivity index (χ1v) is 10.3. The van der Waals surface area contributed by atoms with Gasteiger partial charge in [0.1, 0.15) is 17.2 Å². The van der Waals surface area contributed by atoms with E-state index in [1.807, 2.05) is 54.6 Å². The first kappa shape index (κ1) is 19.9. The van der Waals surface area contributed by atoms with E-state index >= 15 is 0 Å². The van der Waals surface area contributed by atoms with Crippen molar-refractivity contribution in [3.8, 4) is 5.75 Å². The van der Waals surface area contributed by atoms with Crippen LogP contribution in [0.3, 0.4) is 0 Å². The third-order valence-electron chi connectivity index (χ3n) is 4.87. The van der Waals surface area contributed by atoms with Gasteiger partial charge in [-0.3, -0.25) is 14.5 Å². The molecule has 1 aliphatic heterocycles. The Kier molecular flexibility index (Phi) is 5.67. The number of fused-ring (bicyclic) bond motifs is 1. The number of anilines is 2. The summed E-state index contributed by atoms with van der Waals surface area (Å²) in [6.07, 6.45) is 0. The smallest absolute Gasteiger partial charge is 0.268 e. The van der Waals surface area contributed by atoms with Gasteiger partial charge in [-0.2, -0.15) is 0 Å². The number of nitrogens with one attached hydrogen (secondary N) is 1. The maximum atomic E-state index is 12.9. The van der Waals surface area contributed by atoms with Crippen LogP contribution in [0.15, 0.2) is 54.6 Å². The fourth-order valence-electron chi connectivity index (χ4n) is 3.21. The Labute approximate surface area is 178 Å². The minimum atomic E-state index is -0.191. The van der Waals surface area contributed by atoms with E-state index in [0.717, 1.165) is 16.9 Å². The molecule has 4 rings (SSSR count). The number of ether oxygens (including phenoxy) is 1. The van der Waals surface area contributed by atoms with Crippen LogP contribution in [-0.2, 0) is 17.9 Å². The van der Waals surface area contributed by atoms with E-state index in [9.17, 15) is 9.59 Å². The lowest BCUT2D eigenvalue weighted by molar-refractivity contribution is -0.119. The standard InChI is InChI=1S/C22H22N4O3S/c1-25-14-18(27)26(13-16-6-4-3-5-7-16)20-19(21(25)28)30-22(24-20)23-12-15-8-10-17(29-2)11-9-15/h3-11H,12-14H2,1-2H3,(H,23,24). The Morgan fingerprint density at radius 1 is 1.07 bits per heavy atom. The summed E-state index contributed by atoms with van der Waals surface area (Å²) in [4.78, 5) is 33.8. The first-order chi connectivity index (χ1) is 14.5. The Morgan fingerprint density at radius 3 is 2.50 bits per heavy atom. The van der Waals surface area contributed by atoms with E-state index < -0.39 is 0 Å². The topological polar surface area (TPSA) is 74.8 Å². The van der Waals surface area contributed by atoms with Gasteiger partial charge in [0.2, 0.25) is 5.91 Å². The second-order valence-corrected chi connectivity index (χ2v) is 8.00. The third kappa shape index (κ3) is 4.13. The molecule has 2 heterocycles. The van der Waals surface area contributed by atoms with Crippen molar-refractivity contribution >= 4 is 34.1 Å². The maximum Gasteiger partial charge on any atom is 0.268 e. The number of aromatic nitrogens is 1. The minimum Gasteiger partial charge on any atom is -0.497 e. The van der Waals surface area contributed by atoms with Crippen molar-refractivity contribution in [1.29, 1.82) is 0 Å². The van der Waals surface area contributed by atoms with Gasteiger partial charge in [0, 0.05) is 13.6 Å². The molecule has 154 valence electrons. The van der Waals surface area contributed by atoms with E-state index in [2.05, 4.69) is 10.3 Å². The zero-order chi connectivity index (χ0) is 21.1. The van der Waals surface area contributed by atoms with Gasteiger partial charge in [-0.25, -0.2) is 4.98 Å². The highest BCUT2D eigenvalue weighted by atomic mass is 32.1. The van der Waals surface area contributed by atoms with Crippen LogP contribution >= 0.6 is 11.3 Å². The molecule has 0 unspecified atom stereocenters. The van der Waals surface area contributed by atoms with Gasteiger partial charge in [-0.05, 0) is 23.3 Å². The SMILES string of the molecule is COc1ccc(CNc2nc3c(s2)C(=O)N(C)CC(=O)N3Cc2ccccc2)cc1. The van der Waals surface area contributed by atoms with Gasteiger partial charge < -0.3 is 15.0 Å². The van der Waals surface area contributed by atoms with Gasteiger partial charge in [0.25, 0.3) is 5.91 Å². The molecule has 0 aliphatic carbocycles. The predicted octanol–water partition coefficient (Wildman–Crippen LogP) is 3.38. The van der Waals surface area contributed by atoms with Crippen molar-refractivity contribution in [1.82, 2.24) is 9.88 Å². The molecule has 0 saturated carbocycles. The highest BCUT2D eigenvalue weighted by Crippen LogP contribution is 2.34. The number of methoxy groups -OCH3 is 1. The van der Waals surface area contributed by atoms with Gasteiger partial charge in [0.05, 0.1) is 13.7 Å². The molecule has 8 heteroatoms. The summed E-state index contributed by atoms with van der Waals surface area (Å²) in [6.45, 7) is 0.950. The van der Waals surface area contributed by atoms with Gasteiger partial charge in [-0.1, -0.05) is 53.8 Å². The van der Waals surface area contributed by atoms with E-state index in [1.54, 1.807) is 19.1 Å². The van der Waals surface area contributed by atoms with E-state index in [0.29, 0.717) is 28.9 Å². The first-order valence-electron chi connectivity index (χ1n) is 9.52.